The van der Waals surface area contributed by atoms with Crippen LogP contribution in [-0.4, -0.2) is 27.5 Å². The Balaban J connectivity index is 2.16. The smallest absolute Gasteiger partial charge is 0.170 e. The number of aromatic nitrogens is 1. The SMILES string of the molecule is CCN(Cc1ccncc1)Cc1ccccc1C(N)=NO. The topological polar surface area (TPSA) is 74.7 Å². The third kappa shape index (κ3) is 4.03. The molecule has 1 aromatic carbocycles. The lowest BCUT2D eigenvalue weighted by molar-refractivity contribution is 0.271. The Morgan fingerprint density at radius 3 is 2.57 bits per heavy atom. The molecule has 1 aromatic heterocycles. The van der Waals surface area contributed by atoms with Crippen LogP contribution < -0.4 is 5.73 Å². The molecular formula is C16H20N4O. The summed E-state index contributed by atoms with van der Waals surface area (Å²) in [6, 6.07) is 11.7. The zero-order valence-corrected chi connectivity index (χ0v) is 12.1. The monoisotopic (exact) mass is 284 g/mol. The molecular weight excluding hydrogens is 264 g/mol. The van der Waals surface area contributed by atoms with Crippen LogP contribution in [0.5, 0.6) is 0 Å². The van der Waals surface area contributed by atoms with Crippen LogP contribution in [0.3, 0.4) is 0 Å². The van der Waals surface area contributed by atoms with Crippen molar-refractivity contribution in [2.75, 3.05) is 6.54 Å². The van der Waals surface area contributed by atoms with Gasteiger partial charge in [-0.2, -0.15) is 0 Å². The van der Waals surface area contributed by atoms with E-state index in [0.717, 1.165) is 30.8 Å². The Hall–Kier alpha value is -2.40. The van der Waals surface area contributed by atoms with E-state index in [1.165, 1.54) is 5.56 Å². The number of nitrogens with two attached hydrogens (primary N) is 1. The van der Waals surface area contributed by atoms with E-state index < -0.39 is 0 Å². The van der Waals surface area contributed by atoms with Crippen LogP contribution in [0.25, 0.3) is 0 Å². The van der Waals surface area contributed by atoms with Gasteiger partial charge in [-0.15, -0.1) is 0 Å². The Kier molecular flexibility index (Phi) is 5.29. The number of hydrogen-bond acceptors (Lipinski definition) is 4. The van der Waals surface area contributed by atoms with Gasteiger partial charge in [-0.3, -0.25) is 9.88 Å². The van der Waals surface area contributed by atoms with Gasteiger partial charge in [-0.1, -0.05) is 36.3 Å². The van der Waals surface area contributed by atoms with E-state index in [1.54, 1.807) is 12.4 Å². The fraction of sp³-hybridized carbons (Fsp3) is 0.250. The summed E-state index contributed by atoms with van der Waals surface area (Å²) in [5, 5.41) is 12.0. The molecule has 0 radical (unpaired) electrons. The minimum absolute atomic E-state index is 0.144. The first-order chi connectivity index (χ1) is 10.2. The Bertz CT molecular complexity index is 598. The summed E-state index contributed by atoms with van der Waals surface area (Å²) >= 11 is 0. The molecule has 1 heterocycles. The molecule has 5 heteroatoms. The second-order valence-electron chi connectivity index (χ2n) is 4.80. The summed E-state index contributed by atoms with van der Waals surface area (Å²) < 4.78 is 0. The highest BCUT2D eigenvalue weighted by Gasteiger charge is 2.10. The zero-order chi connectivity index (χ0) is 15.1. The van der Waals surface area contributed by atoms with Crippen molar-refractivity contribution in [3.63, 3.8) is 0 Å². The minimum atomic E-state index is 0.144. The van der Waals surface area contributed by atoms with E-state index in [0.29, 0.717) is 0 Å². The zero-order valence-electron chi connectivity index (χ0n) is 12.1. The van der Waals surface area contributed by atoms with Gasteiger partial charge in [0.1, 0.15) is 0 Å². The third-order valence-electron chi connectivity index (χ3n) is 3.40. The molecule has 0 atom stereocenters. The third-order valence-corrected chi connectivity index (χ3v) is 3.40. The number of amidine groups is 1. The average molecular weight is 284 g/mol. The lowest BCUT2D eigenvalue weighted by Gasteiger charge is -2.22. The van der Waals surface area contributed by atoms with Gasteiger partial charge in [-0.25, -0.2) is 0 Å². The molecule has 0 fully saturated rings. The number of hydrogen-bond donors (Lipinski definition) is 2. The Morgan fingerprint density at radius 1 is 1.19 bits per heavy atom. The van der Waals surface area contributed by atoms with Crippen molar-refractivity contribution in [3.05, 3.63) is 65.5 Å². The van der Waals surface area contributed by atoms with Crippen LogP contribution in [0.4, 0.5) is 0 Å². The molecule has 0 saturated heterocycles. The van der Waals surface area contributed by atoms with Gasteiger partial charge in [0.15, 0.2) is 5.84 Å². The quantitative estimate of drug-likeness (QED) is 0.369. The van der Waals surface area contributed by atoms with Crippen LogP contribution in [0.2, 0.25) is 0 Å². The van der Waals surface area contributed by atoms with Gasteiger partial charge in [0.05, 0.1) is 0 Å². The van der Waals surface area contributed by atoms with E-state index in [1.807, 2.05) is 36.4 Å². The van der Waals surface area contributed by atoms with Crippen molar-refractivity contribution in [1.29, 1.82) is 0 Å². The van der Waals surface area contributed by atoms with E-state index in [2.05, 4.69) is 22.0 Å². The molecule has 0 aliphatic heterocycles. The average Bonchev–Trinajstić information content (AvgIpc) is 2.55. The second kappa shape index (κ2) is 7.40. The molecule has 0 saturated carbocycles. The van der Waals surface area contributed by atoms with Crippen LogP contribution >= 0.6 is 0 Å². The highest BCUT2D eigenvalue weighted by molar-refractivity contribution is 5.98. The van der Waals surface area contributed by atoms with E-state index in [-0.39, 0.29) is 5.84 Å². The molecule has 2 rings (SSSR count). The largest absolute Gasteiger partial charge is 0.409 e. The van der Waals surface area contributed by atoms with Gasteiger partial charge < -0.3 is 10.9 Å². The normalized spacial score (nSPS) is 11.8. The lowest BCUT2D eigenvalue weighted by Crippen LogP contribution is -2.25. The van der Waals surface area contributed by atoms with Crippen LogP contribution in [0.1, 0.15) is 23.6 Å². The van der Waals surface area contributed by atoms with Crippen molar-refractivity contribution < 1.29 is 5.21 Å². The molecule has 0 aliphatic rings. The first-order valence-electron chi connectivity index (χ1n) is 6.91. The van der Waals surface area contributed by atoms with Crippen molar-refractivity contribution in [2.24, 2.45) is 10.9 Å². The lowest BCUT2D eigenvalue weighted by atomic mass is 10.1. The molecule has 0 amide bonds. The molecule has 110 valence electrons. The number of oxime groups is 1. The summed E-state index contributed by atoms with van der Waals surface area (Å²) in [6.45, 7) is 4.61. The van der Waals surface area contributed by atoms with Crippen molar-refractivity contribution in [1.82, 2.24) is 9.88 Å². The maximum absolute atomic E-state index is 8.88. The molecule has 5 nitrogen and oxygen atoms in total. The van der Waals surface area contributed by atoms with Gasteiger partial charge in [0.25, 0.3) is 0 Å². The molecule has 2 aromatic rings. The molecule has 0 aliphatic carbocycles. The van der Waals surface area contributed by atoms with Crippen molar-refractivity contribution >= 4 is 5.84 Å². The first kappa shape index (κ1) is 15.0. The fourth-order valence-corrected chi connectivity index (χ4v) is 2.23. The summed E-state index contributed by atoms with van der Waals surface area (Å²) in [5.74, 6) is 0.144. The summed E-state index contributed by atoms with van der Waals surface area (Å²) in [5.41, 5.74) is 8.77. The highest BCUT2D eigenvalue weighted by atomic mass is 16.4. The Morgan fingerprint density at radius 2 is 1.90 bits per heavy atom. The standard InChI is InChI=1S/C16H20N4O/c1-2-20(11-13-7-9-18-10-8-13)12-14-5-3-4-6-15(14)16(17)19-21/h3-10,21H,2,11-12H2,1H3,(H2,17,19). The minimum Gasteiger partial charge on any atom is -0.409 e. The Labute approximate surface area is 124 Å². The molecule has 21 heavy (non-hydrogen) atoms. The van der Waals surface area contributed by atoms with Crippen molar-refractivity contribution in [3.8, 4) is 0 Å². The van der Waals surface area contributed by atoms with Crippen LogP contribution in [0.15, 0.2) is 53.9 Å². The number of nitrogens with zero attached hydrogens (tertiary/aromatic N) is 3. The van der Waals surface area contributed by atoms with Gasteiger partial charge in [0, 0.05) is 31.0 Å². The summed E-state index contributed by atoms with van der Waals surface area (Å²) in [6.07, 6.45) is 3.60. The van der Waals surface area contributed by atoms with E-state index in [9.17, 15) is 0 Å². The first-order valence-corrected chi connectivity index (χ1v) is 6.91. The second-order valence-corrected chi connectivity index (χ2v) is 4.80. The molecule has 0 bridgehead atoms. The predicted octanol–water partition coefficient (Wildman–Crippen LogP) is 2.20. The number of benzene rings is 1. The van der Waals surface area contributed by atoms with Gasteiger partial charge in [0.2, 0.25) is 0 Å². The molecule has 0 unspecified atom stereocenters. The summed E-state index contributed by atoms with van der Waals surface area (Å²) in [4.78, 5) is 6.32. The number of pyridine rings is 1. The maximum atomic E-state index is 8.88. The fourth-order valence-electron chi connectivity index (χ4n) is 2.23. The van der Waals surface area contributed by atoms with E-state index in [4.69, 9.17) is 10.9 Å². The van der Waals surface area contributed by atoms with Crippen LogP contribution in [0, 0.1) is 0 Å². The number of rotatable bonds is 6. The maximum Gasteiger partial charge on any atom is 0.170 e. The van der Waals surface area contributed by atoms with Gasteiger partial charge >= 0.3 is 0 Å². The summed E-state index contributed by atoms with van der Waals surface area (Å²) in [7, 11) is 0. The predicted molar refractivity (Wildman–Crippen MR) is 83.0 cm³/mol. The molecule has 3 N–H and O–H groups in total. The highest BCUT2D eigenvalue weighted by Crippen LogP contribution is 2.13. The molecule has 0 spiro atoms. The van der Waals surface area contributed by atoms with E-state index >= 15 is 0 Å². The van der Waals surface area contributed by atoms with Gasteiger partial charge in [-0.05, 0) is 29.8 Å². The van der Waals surface area contributed by atoms with Crippen molar-refractivity contribution in [2.45, 2.75) is 20.0 Å². The van der Waals surface area contributed by atoms with Crippen LogP contribution in [-0.2, 0) is 13.1 Å².